The van der Waals surface area contributed by atoms with E-state index in [-0.39, 0.29) is 6.79 Å². The smallest absolute Gasteiger partial charge is 0.412 e. The summed E-state index contributed by atoms with van der Waals surface area (Å²) in [6, 6.07) is 3.05. The normalized spacial score (nSPS) is 13.0. The van der Waals surface area contributed by atoms with Crippen molar-refractivity contribution in [2.75, 3.05) is 12.1 Å². The summed E-state index contributed by atoms with van der Waals surface area (Å²) in [5, 5.41) is 2.52. The molecule has 0 spiro atoms. The Balaban J connectivity index is 2.20. The molecule has 6 heteroatoms. The Labute approximate surface area is 110 Å². The highest BCUT2D eigenvalue weighted by atomic mass is 16.7. The molecule has 6 nitrogen and oxygen atoms in total. The number of hydrogen-bond donors (Lipinski definition) is 1. The first-order valence-corrected chi connectivity index (χ1v) is 5.78. The number of aldehydes is 1. The van der Waals surface area contributed by atoms with E-state index in [2.05, 4.69) is 5.32 Å². The van der Waals surface area contributed by atoms with Crippen molar-refractivity contribution in [1.29, 1.82) is 0 Å². The highest BCUT2D eigenvalue weighted by Crippen LogP contribution is 2.36. The Morgan fingerprint density at radius 1 is 1.32 bits per heavy atom. The van der Waals surface area contributed by atoms with Crippen molar-refractivity contribution in [3.63, 3.8) is 0 Å². The van der Waals surface area contributed by atoms with Crippen LogP contribution in [0.25, 0.3) is 0 Å². The number of rotatable bonds is 2. The highest BCUT2D eigenvalue weighted by molar-refractivity contribution is 5.94. The van der Waals surface area contributed by atoms with Crippen LogP contribution in [0, 0.1) is 0 Å². The van der Waals surface area contributed by atoms with Crippen LogP contribution in [0.3, 0.4) is 0 Å². The first-order valence-electron chi connectivity index (χ1n) is 5.78. The van der Waals surface area contributed by atoms with Crippen LogP contribution in [0.1, 0.15) is 31.1 Å². The number of nitrogens with one attached hydrogen (secondary N) is 1. The van der Waals surface area contributed by atoms with Crippen molar-refractivity contribution < 1.29 is 23.8 Å². The number of amides is 1. The van der Waals surface area contributed by atoms with E-state index in [9.17, 15) is 9.59 Å². The summed E-state index contributed by atoms with van der Waals surface area (Å²) < 4.78 is 15.5. The van der Waals surface area contributed by atoms with Gasteiger partial charge < -0.3 is 14.2 Å². The van der Waals surface area contributed by atoms with Gasteiger partial charge in [-0.2, -0.15) is 0 Å². The minimum Gasteiger partial charge on any atom is -0.454 e. The number of ether oxygens (including phenoxy) is 3. The van der Waals surface area contributed by atoms with Gasteiger partial charge in [-0.05, 0) is 26.8 Å². The zero-order chi connectivity index (χ0) is 14.0. The zero-order valence-corrected chi connectivity index (χ0v) is 11.0. The Kier molecular flexibility index (Phi) is 3.33. The van der Waals surface area contributed by atoms with Crippen molar-refractivity contribution in [2.45, 2.75) is 26.4 Å². The second-order valence-electron chi connectivity index (χ2n) is 5.04. The van der Waals surface area contributed by atoms with Gasteiger partial charge in [0.15, 0.2) is 17.8 Å². The predicted octanol–water partition coefficient (Wildman–Crippen LogP) is 2.57. The van der Waals surface area contributed by atoms with Gasteiger partial charge in [-0.25, -0.2) is 4.79 Å². The van der Waals surface area contributed by atoms with Gasteiger partial charge in [-0.15, -0.1) is 0 Å². The number of anilines is 1. The van der Waals surface area contributed by atoms with E-state index in [4.69, 9.17) is 14.2 Å². The van der Waals surface area contributed by atoms with E-state index in [0.717, 1.165) is 0 Å². The molecule has 0 aromatic heterocycles. The molecule has 2 rings (SSSR count). The molecule has 0 unspecified atom stereocenters. The summed E-state index contributed by atoms with van der Waals surface area (Å²) in [5.74, 6) is 0.966. The van der Waals surface area contributed by atoms with E-state index >= 15 is 0 Å². The van der Waals surface area contributed by atoms with Crippen LogP contribution < -0.4 is 14.8 Å². The molecule has 1 aromatic rings. The monoisotopic (exact) mass is 265 g/mol. The van der Waals surface area contributed by atoms with Gasteiger partial charge in [0.05, 0.1) is 5.69 Å². The SMILES string of the molecule is CC(C)(C)OC(=O)Nc1cc2c(cc1C=O)OCO2. The fraction of sp³-hybridized carbons (Fsp3) is 0.385. The van der Waals surface area contributed by atoms with Crippen LogP contribution in [0.15, 0.2) is 12.1 Å². The molecule has 1 N–H and O–H groups in total. The van der Waals surface area contributed by atoms with E-state index in [0.29, 0.717) is 29.0 Å². The number of carbonyl (C=O) groups is 2. The van der Waals surface area contributed by atoms with Crippen LogP contribution in [0.5, 0.6) is 11.5 Å². The lowest BCUT2D eigenvalue weighted by molar-refractivity contribution is 0.0636. The van der Waals surface area contributed by atoms with Crippen molar-refractivity contribution in [1.82, 2.24) is 0 Å². The predicted molar refractivity (Wildman–Crippen MR) is 67.8 cm³/mol. The number of fused-ring (bicyclic) bond motifs is 1. The van der Waals surface area contributed by atoms with Crippen molar-refractivity contribution in [3.8, 4) is 11.5 Å². The van der Waals surface area contributed by atoms with Crippen LogP contribution in [0.4, 0.5) is 10.5 Å². The van der Waals surface area contributed by atoms with Crippen molar-refractivity contribution in [2.24, 2.45) is 0 Å². The van der Waals surface area contributed by atoms with Crippen LogP contribution in [-0.2, 0) is 4.74 Å². The van der Waals surface area contributed by atoms with E-state index in [1.807, 2.05) is 0 Å². The van der Waals surface area contributed by atoms with Gasteiger partial charge in [0.25, 0.3) is 0 Å². The number of benzene rings is 1. The molecule has 19 heavy (non-hydrogen) atoms. The van der Waals surface area contributed by atoms with E-state index in [1.165, 1.54) is 12.1 Å². The molecule has 1 aromatic carbocycles. The van der Waals surface area contributed by atoms with E-state index < -0.39 is 11.7 Å². The summed E-state index contributed by atoms with van der Waals surface area (Å²) in [6.07, 6.45) is 0.00347. The summed E-state index contributed by atoms with van der Waals surface area (Å²) in [6.45, 7) is 5.37. The lowest BCUT2D eigenvalue weighted by atomic mass is 10.1. The third-order valence-electron chi connectivity index (χ3n) is 2.31. The first-order chi connectivity index (χ1) is 8.89. The molecular weight excluding hydrogens is 250 g/mol. The molecule has 1 aliphatic rings. The standard InChI is InChI=1S/C13H15NO5/c1-13(2,3)19-12(16)14-9-5-11-10(17-7-18-11)4-8(9)6-15/h4-6H,7H2,1-3H3,(H,14,16). The summed E-state index contributed by atoms with van der Waals surface area (Å²) in [7, 11) is 0. The fourth-order valence-electron chi connectivity index (χ4n) is 1.58. The topological polar surface area (TPSA) is 73.9 Å². The summed E-state index contributed by atoms with van der Waals surface area (Å²) in [4.78, 5) is 22.7. The number of carbonyl (C=O) groups excluding carboxylic acids is 2. The molecule has 1 heterocycles. The average molecular weight is 265 g/mol. The molecule has 0 saturated carbocycles. The Morgan fingerprint density at radius 3 is 2.53 bits per heavy atom. The molecule has 0 saturated heterocycles. The minimum atomic E-state index is -0.630. The van der Waals surface area contributed by atoms with E-state index in [1.54, 1.807) is 20.8 Å². The molecule has 0 bridgehead atoms. The van der Waals surface area contributed by atoms with Gasteiger partial charge in [0, 0.05) is 11.6 Å². The molecule has 0 fully saturated rings. The molecule has 102 valence electrons. The number of hydrogen-bond acceptors (Lipinski definition) is 5. The van der Waals surface area contributed by atoms with Crippen LogP contribution >= 0.6 is 0 Å². The maximum atomic E-state index is 11.7. The third kappa shape index (κ3) is 3.15. The summed E-state index contributed by atoms with van der Waals surface area (Å²) >= 11 is 0. The zero-order valence-electron chi connectivity index (χ0n) is 11.0. The second-order valence-corrected chi connectivity index (χ2v) is 5.04. The second kappa shape index (κ2) is 4.79. The van der Waals surface area contributed by atoms with Gasteiger partial charge in [0.1, 0.15) is 5.60 Å². The van der Waals surface area contributed by atoms with Crippen molar-refractivity contribution >= 4 is 18.1 Å². The lowest BCUT2D eigenvalue weighted by Crippen LogP contribution is -2.27. The van der Waals surface area contributed by atoms with Gasteiger partial charge in [-0.1, -0.05) is 0 Å². The van der Waals surface area contributed by atoms with Gasteiger partial charge >= 0.3 is 6.09 Å². The molecule has 0 atom stereocenters. The van der Waals surface area contributed by atoms with Crippen LogP contribution in [-0.4, -0.2) is 24.8 Å². The lowest BCUT2D eigenvalue weighted by Gasteiger charge is -2.20. The molecular formula is C13H15NO5. The maximum Gasteiger partial charge on any atom is 0.412 e. The van der Waals surface area contributed by atoms with Crippen LogP contribution in [0.2, 0.25) is 0 Å². The fourth-order valence-corrected chi connectivity index (χ4v) is 1.58. The average Bonchev–Trinajstić information content (AvgIpc) is 2.72. The van der Waals surface area contributed by atoms with Gasteiger partial charge in [0.2, 0.25) is 6.79 Å². The molecule has 1 amide bonds. The Hall–Kier alpha value is -2.24. The Bertz CT molecular complexity index is 519. The summed E-state index contributed by atoms with van der Waals surface area (Å²) in [5.41, 5.74) is 0.0190. The first kappa shape index (κ1) is 13.2. The maximum absolute atomic E-state index is 11.7. The Morgan fingerprint density at radius 2 is 1.95 bits per heavy atom. The quantitative estimate of drug-likeness (QED) is 0.832. The highest BCUT2D eigenvalue weighted by Gasteiger charge is 2.20. The molecule has 1 aliphatic heterocycles. The molecule has 0 radical (unpaired) electrons. The molecule has 0 aliphatic carbocycles. The van der Waals surface area contributed by atoms with Crippen molar-refractivity contribution in [3.05, 3.63) is 17.7 Å². The van der Waals surface area contributed by atoms with Gasteiger partial charge in [-0.3, -0.25) is 10.1 Å². The largest absolute Gasteiger partial charge is 0.454 e. The third-order valence-corrected chi connectivity index (χ3v) is 2.31. The minimum absolute atomic E-state index is 0.101.